The molecule has 1 unspecified atom stereocenters. The van der Waals surface area contributed by atoms with E-state index in [4.69, 9.17) is 9.47 Å². The number of hydrogen-bond acceptors (Lipinski definition) is 7. The molecule has 3 heterocycles. The van der Waals surface area contributed by atoms with Crippen LogP contribution in [0.4, 0.5) is 30.3 Å². The molecule has 0 bridgehead atoms. The number of aromatic nitrogens is 1. The van der Waals surface area contributed by atoms with Crippen LogP contribution in [0, 0.1) is 5.82 Å². The van der Waals surface area contributed by atoms with Gasteiger partial charge in [-0.1, -0.05) is 0 Å². The molecule has 0 aliphatic carbocycles. The molecule has 0 spiro atoms. The molecule has 1 atom stereocenters. The fourth-order valence-electron chi connectivity index (χ4n) is 3.32. The number of alkyl carbamates (subject to hydrolysis) is 1. The van der Waals surface area contributed by atoms with Gasteiger partial charge in [-0.25, -0.2) is 23.8 Å². The minimum Gasteiger partial charge on any atom is -0.453 e. The largest absolute Gasteiger partial charge is 0.453 e. The van der Waals surface area contributed by atoms with E-state index in [1.54, 1.807) is 24.3 Å². The van der Waals surface area contributed by atoms with Gasteiger partial charge in [0.1, 0.15) is 24.3 Å². The second kappa shape index (κ2) is 8.46. The Labute approximate surface area is 176 Å². The normalized spacial score (nSPS) is 18.1. The highest BCUT2D eigenvalue weighted by Gasteiger charge is 2.33. The van der Waals surface area contributed by atoms with E-state index in [9.17, 15) is 18.8 Å². The Morgan fingerprint density at radius 1 is 1.26 bits per heavy atom. The molecule has 2 aliphatic rings. The van der Waals surface area contributed by atoms with Crippen molar-refractivity contribution in [2.24, 2.45) is 0 Å². The Morgan fingerprint density at radius 2 is 2.10 bits per heavy atom. The third-order valence-electron chi connectivity index (χ3n) is 4.89. The van der Waals surface area contributed by atoms with E-state index in [0.29, 0.717) is 35.8 Å². The zero-order valence-electron chi connectivity index (χ0n) is 16.5. The standard InChI is InChI=1S/C20H19FN4O6/c1-29-18(26)23-10-14-11-25(20(28)31-14)13-3-4-15(16(21)8-13)12-2-5-17(22-9-12)24-6-7-30-19(24)27/h2-5,8-9,14H,6-7,10-11H2,1H3,(H,23,26). The molecular formula is C20H19FN4O6. The number of amides is 3. The SMILES string of the molecule is COC(=O)NCC1CN(c2ccc(-c3ccc(N4CCOC4=O)nc3)c(F)c2)C(=O)O1. The molecule has 0 saturated carbocycles. The lowest BCUT2D eigenvalue weighted by Gasteiger charge is -2.15. The summed E-state index contributed by atoms with van der Waals surface area (Å²) in [5.41, 5.74) is 1.14. The molecular weight excluding hydrogens is 411 g/mol. The summed E-state index contributed by atoms with van der Waals surface area (Å²) < 4.78 is 29.4. The highest BCUT2D eigenvalue weighted by Crippen LogP contribution is 2.29. The predicted molar refractivity (Wildman–Crippen MR) is 106 cm³/mol. The Balaban J connectivity index is 1.46. The molecule has 1 aromatic carbocycles. The van der Waals surface area contributed by atoms with Gasteiger partial charge in [-0.05, 0) is 30.3 Å². The van der Waals surface area contributed by atoms with E-state index in [1.165, 1.54) is 29.2 Å². The van der Waals surface area contributed by atoms with Gasteiger partial charge >= 0.3 is 18.3 Å². The summed E-state index contributed by atoms with van der Waals surface area (Å²) >= 11 is 0. The lowest BCUT2D eigenvalue weighted by molar-refractivity contribution is 0.132. The minimum atomic E-state index is -0.633. The van der Waals surface area contributed by atoms with Crippen LogP contribution in [-0.2, 0) is 14.2 Å². The van der Waals surface area contributed by atoms with Crippen molar-refractivity contribution >= 4 is 29.8 Å². The van der Waals surface area contributed by atoms with Gasteiger partial charge < -0.3 is 19.5 Å². The van der Waals surface area contributed by atoms with Crippen LogP contribution in [0.3, 0.4) is 0 Å². The van der Waals surface area contributed by atoms with Gasteiger partial charge in [-0.15, -0.1) is 0 Å². The number of ether oxygens (including phenoxy) is 3. The van der Waals surface area contributed by atoms with Gasteiger partial charge in [0.2, 0.25) is 0 Å². The van der Waals surface area contributed by atoms with E-state index in [0.717, 1.165) is 0 Å². The van der Waals surface area contributed by atoms with Gasteiger partial charge in [0, 0.05) is 17.3 Å². The molecule has 2 fully saturated rings. The Kier molecular flexibility index (Phi) is 5.56. The molecule has 2 aromatic rings. The number of halogens is 1. The Bertz CT molecular complexity index is 1020. The monoisotopic (exact) mass is 430 g/mol. The van der Waals surface area contributed by atoms with Crippen LogP contribution < -0.4 is 15.1 Å². The van der Waals surface area contributed by atoms with Gasteiger partial charge in [0.25, 0.3) is 0 Å². The van der Waals surface area contributed by atoms with Crippen LogP contribution >= 0.6 is 0 Å². The van der Waals surface area contributed by atoms with Crippen LogP contribution in [-0.4, -0.2) is 62.7 Å². The van der Waals surface area contributed by atoms with Crippen LogP contribution in [0.1, 0.15) is 0 Å². The molecule has 2 aliphatic heterocycles. The van der Waals surface area contributed by atoms with Crippen molar-refractivity contribution in [3.8, 4) is 11.1 Å². The summed E-state index contributed by atoms with van der Waals surface area (Å²) in [5, 5.41) is 2.46. The van der Waals surface area contributed by atoms with E-state index in [-0.39, 0.29) is 13.1 Å². The summed E-state index contributed by atoms with van der Waals surface area (Å²) in [6.45, 7) is 0.953. The first-order valence-corrected chi connectivity index (χ1v) is 9.46. The number of carbonyl (C=O) groups excluding carboxylic acids is 3. The van der Waals surface area contributed by atoms with Crippen LogP contribution in [0.5, 0.6) is 0 Å². The summed E-state index contributed by atoms with van der Waals surface area (Å²) in [6.07, 6.45) is -0.840. The third-order valence-corrected chi connectivity index (χ3v) is 4.89. The average Bonchev–Trinajstić information content (AvgIpc) is 3.37. The van der Waals surface area contributed by atoms with Gasteiger partial charge in [-0.2, -0.15) is 0 Å². The highest BCUT2D eigenvalue weighted by atomic mass is 19.1. The lowest BCUT2D eigenvalue weighted by Crippen LogP contribution is -2.34. The third kappa shape index (κ3) is 4.20. The molecule has 10 nitrogen and oxygen atoms in total. The number of benzene rings is 1. The van der Waals surface area contributed by atoms with E-state index < -0.39 is 30.2 Å². The molecule has 162 valence electrons. The molecule has 2 saturated heterocycles. The molecule has 1 N–H and O–H groups in total. The van der Waals surface area contributed by atoms with Crippen LogP contribution in [0.2, 0.25) is 0 Å². The predicted octanol–water partition coefficient (Wildman–Crippen LogP) is 2.53. The molecule has 11 heteroatoms. The van der Waals surface area contributed by atoms with Crippen molar-refractivity contribution < 1.29 is 33.0 Å². The maximum atomic E-state index is 14.8. The summed E-state index contributed by atoms with van der Waals surface area (Å²) in [4.78, 5) is 41.8. The van der Waals surface area contributed by atoms with Crippen LogP contribution in [0.15, 0.2) is 36.5 Å². The van der Waals surface area contributed by atoms with Crippen molar-refractivity contribution in [1.82, 2.24) is 10.3 Å². The molecule has 31 heavy (non-hydrogen) atoms. The van der Waals surface area contributed by atoms with Crippen molar-refractivity contribution in [2.75, 3.05) is 43.2 Å². The number of carbonyl (C=O) groups is 3. The quantitative estimate of drug-likeness (QED) is 0.726. The first-order chi connectivity index (χ1) is 15.0. The van der Waals surface area contributed by atoms with Crippen molar-refractivity contribution in [3.05, 3.63) is 42.3 Å². The fourth-order valence-corrected chi connectivity index (χ4v) is 3.32. The summed E-state index contributed by atoms with van der Waals surface area (Å²) in [6, 6.07) is 7.65. The molecule has 4 rings (SSSR count). The van der Waals surface area contributed by atoms with Crippen molar-refractivity contribution in [2.45, 2.75) is 6.10 Å². The molecule has 3 amide bonds. The summed E-state index contributed by atoms with van der Waals surface area (Å²) in [5.74, 6) is -0.119. The van der Waals surface area contributed by atoms with E-state index in [2.05, 4.69) is 15.0 Å². The summed E-state index contributed by atoms with van der Waals surface area (Å²) in [7, 11) is 1.23. The minimum absolute atomic E-state index is 0.0814. The number of anilines is 2. The molecule has 1 aromatic heterocycles. The number of cyclic esters (lactones) is 2. The number of pyridine rings is 1. The molecule has 0 radical (unpaired) electrons. The number of hydrogen-bond donors (Lipinski definition) is 1. The van der Waals surface area contributed by atoms with E-state index >= 15 is 0 Å². The Hall–Kier alpha value is -3.89. The average molecular weight is 430 g/mol. The van der Waals surface area contributed by atoms with Gasteiger partial charge in [0.15, 0.2) is 0 Å². The number of methoxy groups -OCH3 is 1. The maximum absolute atomic E-state index is 14.8. The van der Waals surface area contributed by atoms with Crippen molar-refractivity contribution in [3.63, 3.8) is 0 Å². The smallest absolute Gasteiger partial charge is 0.415 e. The number of rotatable bonds is 5. The van der Waals surface area contributed by atoms with Crippen LogP contribution in [0.25, 0.3) is 11.1 Å². The number of nitrogens with one attached hydrogen (secondary N) is 1. The second-order valence-corrected chi connectivity index (χ2v) is 6.82. The number of nitrogens with zero attached hydrogens (tertiary/aromatic N) is 3. The van der Waals surface area contributed by atoms with E-state index in [1.807, 2.05) is 0 Å². The zero-order valence-corrected chi connectivity index (χ0v) is 16.5. The Morgan fingerprint density at radius 3 is 2.74 bits per heavy atom. The second-order valence-electron chi connectivity index (χ2n) is 6.82. The first kappa shape index (κ1) is 20.4. The lowest BCUT2D eigenvalue weighted by atomic mass is 10.1. The van der Waals surface area contributed by atoms with Gasteiger partial charge in [0.05, 0.1) is 32.4 Å². The topological polar surface area (TPSA) is 110 Å². The fraction of sp³-hybridized carbons (Fsp3) is 0.300. The first-order valence-electron chi connectivity index (χ1n) is 9.46. The van der Waals surface area contributed by atoms with Gasteiger partial charge in [-0.3, -0.25) is 9.80 Å². The highest BCUT2D eigenvalue weighted by molar-refractivity contribution is 5.90. The zero-order chi connectivity index (χ0) is 22.0. The maximum Gasteiger partial charge on any atom is 0.415 e. The van der Waals surface area contributed by atoms with Crippen molar-refractivity contribution in [1.29, 1.82) is 0 Å².